The zero-order valence-corrected chi connectivity index (χ0v) is 13.3. The number of halogens is 2. The molecule has 102 valence electrons. The fourth-order valence-electron chi connectivity index (χ4n) is 1.94. The molecule has 0 spiro atoms. The summed E-state index contributed by atoms with van der Waals surface area (Å²) in [5, 5.41) is 3.49. The zero-order valence-electron chi connectivity index (χ0n) is 11.7. The molecule has 0 heterocycles. The first-order valence-electron chi connectivity index (χ1n) is 6.45. The Morgan fingerprint density at radius 2 is 2.00 bits per heavy atom. The van der Waals surface area contributed by atoms with Gasteiger partial charge in [-0.3, -0.25) is 0 Å². The van der Waals surface area contributed by atoms with Crippen molar-refractivity contribution in [1.29, 1.82) is 0 Å². The molecular weight excluding hydrogens is 293 g/mol. The highest BCUT2D eigenvalue weighted by Gasteiger charge is 2.19. The van der Waals surface area contributed by atoms with Gasteiger partial charge in [0, 0.05) is 11.0 Å². The first kappa shape index (κ1) is 15.6. The van der Waals surface area contributed by atoms with Crippen LogP contribution < -0.4 is 5.32 Å². The summed E-state index contributed by atoms with van der Waals surface area (Å²) in [4.78, 5) is 0. The number of hydrogen-bond acceptors (Lipinski definition) is 1. The van der Waals surface area contributed by atoms with Crippen LogP contribution in [0.15, 0.2) is 22.7 Å². The highest BCUT2D eigenvalue weighted by atomic mass is 79.9. The number of hydrogen-bond donors (Lipinski definition) is 1. The second-order valence-corrected chi connectivity index (χ2v) is 6.96. The smallest absolute Gasteiger partial charge is 0.124 e. The van der Waals surface area contributed by atoms with Gasteiger partial charge >= 0.3 is 0 Å². The Bertz CT molecular complexity index is 388. The van der Waals surface area contributed by atoms with Crippen LogP contribution in [-0.2, 0) is 6.42 Å². The van der Waals surface area contributed by atoms with E-state index in [1.165, 1.54) is 12.1 Å². The lowest BCUT2D eigenvalue weighted by atomic mass is 9.85. The minimum absolute atomic E-state index is 0.162. The third-order valence-electron chi connectivity index (χ3n) is 2.84. The van der Waals surface area contributed by atoms with Gasteiger partial charge in [-0.1, -0.05) is 49.7 Å². The molecule has 18 heavy (non-hydrogen) atoms. The quantitative estimate of drug-likeness (QED) is 0.820. The van der Waals surface area contributed by atoms with E-state index in [-0.39, 0.29) is 11.2 Å². The molecule has 0 saturated heterocycles. The van der Waals surface area contributed by atoms with E-state index in [2.05, 4.69) is 48.9 Å². The Morgan fingerprint density at radius 3 is 2.56 bits per heavy atom. The van der Waals surface area contributed by atoms with Crippen LogP contribution in [0.2, 0.25) is 0 Å². The Kier molecular flexibility index (Phi) is 5.80. The standard InChI is InChI=1S/C15H23BrFN/c1-11(2)9-18-10-15(3,4)8-12-5-6-13(17)7-14(12)16/h5-7,11,18H,8-10H2,1-4H3. The molecule has 0 aliphatic rings. The summed E-state index contributed by atoms with van der Waals surface area (Å²) >= 11 is 3.43. The molecule has 1 nitrogen and oxygen atoms in total. The van der Waals surface area contributed by atoms with E-state index < -0.39 is 0 Å². The van der Waals surface area contributed by atoms with E-state index in [4.69, 9.17) is 0 Å². The predicted molar refractivity (Wildman–Crippen MR) is 79.3 cm³/mol. The molecule has 0 amide bonds. The van der Waals surface area contributed by atoms with Crippen LogP contribution >= 0.6 is 15.9 Å². The van der Waals surface area contributed by atoms with Gasteiger partial charge in [-0.2, -0.15) is 0 Å². The summed E-state index contributed by atoms with van der Waals surface area (Å²) in [5.41, 5.74) is 1.32. The first-order valence-corrected chi connectivity index (χ1v) is 7.24. The van der Waals surface area contributed by atoms with E-state index in [1.807, 2.05) is 6.07 Å². The van der Waals surface area contributed by atoms with Gasteiger partial charge in [0.1, 0.15) is 5.82 Å². The van der Waals surface area contributed by atoms with Gasteiger partial charge in [0.25, 0.3) is 0 Å². The summed E-state index contributed by atoms with van der Waals surface area (Å²) < 4.78 is 13.9. The van der Waals surface area contributed by atoms with Gasteiger partial charge in [0.2, 0.25) is 0 Å². The predicted octanol–water partition coefficient (Wildman–Crippen LogP) is 4.40. The molecule has 0 atom stereocenters. The molecule has 1 rings (SSSR count). The lowest BCUT2D eigenvalue weighted by Crippen LogP contribution is -2.33. The monoisotopic (exact) mass is 315 g/mol. The molecule has 0 aliphatic carbocycles. The maximum Gasteiger partial charge on any atom is 0.124 e. The summed E-state index contributed by atoms with van der Waals surface area (Å²) in [5.74, 6) is 0.472. The Labute approximate surface area is 118 Å². The summed E-state index contributed by atoms with van der Waals surface area (Å²) in [7, 11) is 0. The zero-order chi connectivity index (χ0) is 13.8. The summed E-state index contributed by atoms with van der Waals surface area (Å²) in [6.07, 6.45) is 0.930. The second-order valence-electron chi connectivity index (χ2n) is 6.10. The van der Waals surface area contributed by atoms with Crippen molar-refractivity contribution in [3.63, 3.8) is 0 Å². The third kappa shape index (κ3) is 5.49. The minimum Gasteiger partial charge on any atom is -0.316 e. The Hall–Kier alpha value is -0.410. The van der Waals surface area contributed by atoms with Crippen LogP contribution in [0.1, 0.15) is 33.3 Å². The van der Waals surface area contributed by atoms with Gasteiger partial charge < -0.3 is 5.32 Å². The Balaban J connectivity index is 2.58. The van der Waals surface area contributed by atoms with E-state index in [0.29, 0.717) is 5.92 Å². The molecule has 0 saturated carbocycles. The topological polar surface area (TPSA) is 12.0 Å². The van der Waals surface area contributed by atoms with Gasteiger partial charge in [0.15, 0.2) is 0 Å². The Morgan fingerprint density at radius 1 is 1.33 bits per heavy atom. The number of nitrogens with one attached hydrogen (secondary N) is 1. The maximum absolute atomic E-state index is 13.0. The summed E-state index contributed by atoms with van der Waals surface area (Å²) in [6.45, 7) is 10.9. The van der Waals surface area contributed by atoms with Gasteiger partial charge in [-0.25, -0.2) is 4.39 Å². The van der Waals surface area contributed by atoms with Gasteiger partial charge in [0.05, 0.1) is 0 Å². The van der Waals surface area contributed by atoms with Crippen molar-refractivity contribution in [2.75, 3.05) is 13.1 Å². The normalized spacial score (nSPS) is 12.2. The van der Waals surface area contributed by atoms with Crippen molar-refractivity contribution in [1.82, 2.24) is 5.32 Å². The molecule has 1 aromatic rings. The van der Waals surface area contributed by atoms with Crippen LogP contribution in [-0.4, -0.2) is 13.1 Å². The molecule has 0 radical (unpaired) electrons. The molecule has 0 aliphatic heterocycles. The van der Waals surface area contributed by atoms with Crippen LogP contribution in [0.5, 0.6) is 0 Å². The van der Waals surface area contributed by atoms with E-state index in [9.17, 15) is 4.39 Å². The van der Waals surface area contributed by atoms with Crippen molar-refractivity contribution in [2.45, 2.75) is 34.1 Å². The molecule has 0 unspecified atom stereocenters. The molecule has 0 fully saturated rings. The highest BCUT2D eigenvalue weighted by Crippen LogP contribution is 2.26. The fourth-order valence-corrected chi connectivity index (χ4v) is 2.43. The SMILES string of the molecule is CC(C)CNCC(C)(C)Cc1ccc(F)cc1Br. The van der Waals surface area contributed by atoms with Crippen molar-refractivity contribution in [2.24, 2.45) is 11.3 Å². The van der Waals surface area contributed by atoms with Crippen molar-refractivity contribution in [3.8, 4) is 0 Å². The van der Waals surface area contributed by atoms with Crippen LogP contribution in [0.25, 0.3) is 0 Å². The van der Waals surface area contributed by atoms with Crippen LogP contribution in [0, 0.1) is 17.2 Å². The average Bonchev–Trinajstić information content (AvgIpc) is 2.21. The average molecular weight is 316 g/mol. The lowest BCUT2D eigenvalue weighted by Gasteiger charge is -2.26. The second kappa shape index (κ2) is 6.67. The number of benzene rings is 1. The molecule has 0 aromatic heterocycles. The van der Waals surface area contributed by atoms with E-state index in [1.54, 1.807) is 0 Å². The van der Waals surface area contributed by atoms with Gasteiger partial charge in [-0.05, 0) is 42.0 Å². The third-order valence-corrected chi connectivity index (χ3v) is 3.58. The molecule has 0 bridgehead atoms. The fraction of sp³-hybridized carbons (Fsp3) is 0.600. The van der Waals surface area contributed by atoms with Crippen LogP contribution in [0.4, 0.5) is 4.39 Å². The highest BCUT2D eigenvalue weighted by molar-refractivity contribution is 9.10. The van der Waals surface area contributed by atoms with Crippen LogP contribution in [0.3, 0.4) is 0 Å². The largest absolute Gasteiger partial charge is 0.316 e. The molecule has 1 aromatic carbocycles. The maximum atomic E-state index is 13.0. The van der Waals surface area contributed by atoms with Crippen molar-refractivity contribution < 1.29 is 4.39 Å². The van der Waals surface area contributed by atoms with Crippen molar-refractivity contribution in [3.05, 3.63) is 34.1 Å². The van der Waals surface area contributed by atoms with Gasteiger partial charge in [-0.15, -0.1) is 0 Å². The lowest BCUT2D eigenvalue weighted by molar-refractivity contribution is 0.329. The molecule has 1 N–H and O–H groups in total. The molecule has 3 heteroatoms. The molecular formula is C15H23BrFN. The van der Waals surface area contributed by atoms with Crippen molar-refractivity contribution >= 4 is 15.9 Å². The number of rotatable bonds is 6. The van der Waals surface area contributed by atoms with E-state index >= 15 is 0 Å². The first-order chi connectivity index (χ1) is 8.30. The van der Waals surface area contributed by atoms with E-state index in [0.717, 1.165) is 29.5 Å². The minimum atomic E-state index is -0.193. The summed E-state index contributed by atoms with van der Waals surface area (Å²) in [6, 6.07) is 4.92.